The maximum absolute atomic E-state index is 12.8. The molecule has 2 aromatic heterocycles. The van der Waals surface area contributed by atoms with Gasteiger partial charge in [0.2, 0.25) is 0 Å². The summed E-state index contributed by atoms with van der Waals surface area (Å²) in [7, 11) is 0. The Morgan fingerprint density at radius 2 is 1.80 bits per heavy atom. The number of hydrogen-bond donors (Lipinski definition) is 1. The van der Waals surface area contributed by atoms with Crippen LogP contribution in [0, 0.1) is 0 Å². The number of carbonyl (C=O) groups excluding carboxylic acids is 1. The first-order valence-corrected chi connectivity index (χ1v) is 10.4. The van der Waals surface area contributed by atoms with Gasteiger partial charge in [-0.3, -0.25) is 4.79 Å². The van der Waals surface area contributed by atoms with Crippen LogP contribution in [0.4, 0.5) is 0 Å². The molecule has 150 valence electrons. The van der Waals surface area contributed by atoms with Crippen molar-refractivity contribution >= 4 is 29.3 Å². The molecular formula is C22H18ClN5OS. The first-order chi connectivity index (χ1) is 14.7. The van der Waals surface area contributed by atoms with E-state index in [1.54, 1.807) is 29.3 Å². The van der Waals surface area contributed by atoms with Crippen LogP contribution in [0.3, 0.4) is 0 Å². The smallest absolute Gasteiger partial charge is 0.254 e. The molecule has 4 rings (SSSR count). The lowest BCUT2D eigenvalue weighted by molar-refractivity contribution is 0.0947. The van der Waals surface area contributed by atoms with Crippen LogP contribution in [0.5, 0.6) is 0 Å². The Balaban J connectivity index is 1.38. The van der Waals surface area contributed by atoms with E-state index in [2.05, 4.69) is 20.4 Å². The van der Waals surface area contributed by atoms with Crippen LogP contribution in [-0.4, -0.2) is 25.7 Å². The maximum atomic E-state index is 12.8. The molecule has 0 radical (unpaired) electrons. The second kappa shape index (κ2) is 9.56. The molecule has 0 bridgehead atoms. The van der Waals surface area contributed by atoms with Crippen LogP contribution >= 0.6 is 23.4 Å². The molecule has 4 aromatic rings. The molecule has 2 heterocycles. The first-order valence-electron chi connectivity index (χ1n) is 9.24. The highest BCUT2D eigenvalue weighted by atomic mass is 35.5. The molecule has 6 nitrogen and oxygen atoms in total. The summed E-state index contributed by atoms with van der Waals surface area (Å²) in [5, 5.41) is 8.40. The predicted molar refractivity (Wildman–Crippen MR) is 117 cm³/mol. The van der Waals surface area contributed by atoms with Crippen molar-refractivity contribution in [3.8, 4) is 0 Å². The van der Waals surface area contributed by atoms with Crippen molar-refractivity contribution in [2.45, 2.75) is 23.0 Å². The van der Waals surface area contributed by atoms with Crippen molar-refractivity contribution in [1.29, 1.82) is 0 Å². The van der Waals surface area contributed by atoms with Gasteiger partial charge in [0.05, 0.1) is 12.1 Å². The number of nitrogens with one attached hydrogen (secondary N) is 1. The van der Waals surface area contributed by atoms with Gasteiger partial charge in [0.15, 0.2) is 0 Å². The average Bonchev–Trinajstić information content (AvgIpc) is 3.28. The van der Waals surface area contributed by atoms with E-state index in [1.807, 2.05) is 48.5 Å². The third-order valence-corrected chi connectivity index (χ3v) is 5.61. The second-order valence-corrected chi connectivity index (χ2v) is 8.00. The molecule has 2 aromatic carbocycles. The Morgan fingerprint density at radius 3 is 2.53 bits per heavy atom. The minimum Gasteiger partial charge on any atom is -0.348 e. The number of pyridine rings is 1. The van der Waals surface area contributed by atoms with Gasteiger partial charge in [0.25, 0.3) is 5.91 Å². The number of aromatic nitrogens is 4. The Morgan fingerprint density at radius 1 is 1.03 bits per heavy atom. The number of nitrogens with zero attached hydrogens (tertiary/aromatic N) is 4. The molecule has 0 saturated heterocycles. The quantitative estimate of drug-likeness (QED) is 0.464. The molecule has 0 aliphatic carbocycles. The zero-order valence-electron chi connectivity index (χ0n) is 15.9. The summed E-state index contributed by atoms with van der Waals surface area (Å²) in [5.41, 5.74) is 2.67. The van der Waals surface area contributed by atoms with Crippen LogP contribution < -0.4 is 5.32 Å². The van der Waals surface area contributed by atoms with E-state index in [0.29, 0.717) is 28.7 Å². The fourth-order valence-corrected chi connectivity index (χ4v) is 3.81. The monoisotopic (exact) mass is 435 g/mol. The Labute approximate surface area is 183 Å². The molecule has 0 aliphatic rings. The zero-order chi connectivity index (χ0) is 20.8. The molecule has 0 aliphatic heterocycles. The largest absolute Gasteiger partial charge is 0.348 e. The molecule has 0 atom stereocenters. The summed E-state index contributed by atoms with van der Waals surface area (Å²) in [6.45, 7) is 1.09. The minimum atomic E-state index is -0.161. The van der Waals surface area contributed by atoms with Gasteiger partial charge in [-0.05, 0) is 47.5 Å². The summed E-state index contributed by atoms with van der Waals surface area (Å²) in [6, 6.07) is 19.0. The highest BCUT2D eigenvalue weighted by molar-refractivity contribution is 7.99. The standard InChI is InChI=1S/C22H18ClN5OS/c23-18-7-9-19(10-8-18)30-22-20(2-1-11-25-22)21(29)26-12-16-3-5-17(6-4-16)13-28-15-24-14-27-28/h1-11,14-15H,12-13H2,(H,26,29). The zero-order valence-corrected chi connectivity index (χ0v) is 17.5. The van der Waals surface area contributed by atoms with Crippen molar-refractivity contribution in [1.82, 2.24) is 25.1 Å². The molecule has 0 spiro atoms. The predicted octanol–water partition coefficient (Wildman–Crippen LogP) is 4.46. The van der Waals surface area contributed by atoms with Gasteiger partial charge in [-0.25, -0.2) is 14.6 Å². The first kappa shape index (κ1) is 20.1. The van der Waals surface area contributed by atoms with Crippen LogP contribution in [0.25, 0.3) is 0 Å². The van der Waals surface area contributed by atoms with E-state index < -0.39 is 0 Å². The number of halogens is 1. The van der Waals surface area contributed by atoms with E-state index in [9.17, 15) is 4.79 Å². The van der Waals surface area contributed by atoms with Crippen molar-refractivity contribution in [2.75, 3.05) is 0 Å². The Hall–Kier alpha value is -3.16. The fourth-order valence-electron chi connectivity index (χ4n) is 2.80. The third-order valence-electron chi connectivity index (χ3n) is 4.33. The summed E-state index contributed by atoms with van der Waals surface area (Å²) in [4.78, 5) is 22.0. The Bertz CT molecular complexity index is 1120. The van der Waals surface area contributed by atoms with Gasteiger partial charge >= 0.3 is 0 Å². The van der Waals surface area contributed by atoms with Gasteiger partial charge in [0, 0.05) is 22.7 Å². The summed E-state index contributed by atoms with van der Waals surface area (Å²) in [5.74, 6) is -0.161. The van der Waals surface area contributed by atoms with Gasteiger partial charge in [0.1, 0.15) is 17.7 Å². The number of hydrogen-bond acceptors (Lipinski definition) is 5. The van der Waals surface area contributed by atoms with Crippen LogP contribution in [0.15, 0.2) is 89.4 Å². The lowest BCUT2D eigenvalue weighted by atomic mass is 10.1. The molecule has 0 fully saturated rings. The van der Waals surface area contributed by atoms with E-state index in [4.69, 9.17) is 11.6 Å². The number of amides is 1. The highest BCUT2D eigenvalue weighted by Crippen LogP contribution is 2.29. The highest BCUT2D eigenvalue weighted by Gasteiger charge is 2.13. The van der Waals surface area contributed by atoms with E-state index in [1.165, 1.54) is 18.1 Å². The molecule has 0 unspecified atom stereocenters. The maximum Gasteiger partial charge on any atom is 0.254 e. The lowest BCUT2D eigenvalue weighted by Gasteiger charge is -2.10. The SMILES string of the molecule is O=C(NCc1ccc(Cn2cncn2)cc1)c1cccnc1Sc1ccc(Cl)cc1. The third kappa shape index (κ3) is 5.25. The lowest BCUT2D eigenvalue weighted by Crippen LogP contribution is -2.23. The van der Waals surface area contributed by atoms with E-state index in [0.717, 1.165) is 16.0 Å². The average molecular weight is 436 g/mol. The minimum absolute atomic E-state index is 0.161. The summed E-state index contributed by atoms with van der Waals surface area (Å²) >= 11 is 7.38. The van der Waals surface area contributed by atoms with Gasteiger partial charge in [-0.2, -0.15) is 5.10 Å². The van der Waals surface area contributed by atoms with Crippen molar-refractivity contribution in [3.63, 3.8) is 0 Å². The Kier molecular flexibility index (Phi) is 6.41. The second-order valence-electron chi connectivity index (χ2n) is 6.50. The van der Waals surface area contributed by atoms with Gasteiger partial charge < -0.3 is 5.32 Å². The van der Waals surface area contributed by atoms with Gasteiger partial charge in [-0.15, -0.1) is 0 Å². The molecule has 8 heteroatoms. The molecule has 1 N–H and O–H groups in total. The van der Waals surface area contributed by atoms with E-state index >= 15 is 0 Å². The number of rotatable bonds is 7. The molecule has 0 saturated carbocycles. The van der Waals surface area contributed by atoms with Crippen molar-refractivity contribution in [3.05, 3.63) is 101 Å². The summed E-state index contributed by atoms with van der Waals surface area (Å²) < 4.78 is 1.76. The normalized spacial score (nSPS) is 10.7. The molecular weight excluding hydrogens is 418 g/mol. The van der Waals surface area contributed by atoms with E-state index in [-0.39, 0.29) is 5.91 Å². The molecule has 1 amide bonds. The van der Waals surface area contributed by atoms with Crippen LogP contribution in [0.2, 0.25) is 5.02 Å². The van der Waals surface area contributed by atoms with Gasteiger partial charge in [-0.1, -0.05) is 47.6 Å². The van der Waals surface area contributed by atoms with Crippen molar-refractivity contribution < 1.29 is 4.79 Å². The topological polar surface area (TPSA) is 72.7 Å². The molecule has 30 heavy (non-hydrogen) atoms. The van der Waals surface area contributed by atoms with Crippen LogP contribution in [-0.2, 0) is 13.1 Å². The fraction of sp³-hybridized carbons (Fsp3) is 0.0909. The number of benzene rings is 2. The number of carbonyl (C=O) groups is 1. The van der Waals surface area contributed by atoms with Crippen LogP contribution in [0.1, 0.15) is 21.5 Å². The van der Waals surface area contributed by atoms with Crippen molar-refractivity contribution in [2.24, 2.45) is 0 Å². The summed E-state index contributed by atoms with van der Waals surface area (Å²) in [6.07, 6.45) is 4.88.